The third kappa shape index (κ3) is 4.28. The zero-order valence-corrected chi connectivity index (χ0v) is 11.6. The van der Waals surface area contributed by atoms with Gasteiger partial charge in [-0.05, 0) is 33.1 Å². The van der Waals surface area contributed by atoms with E-state index in [-0.39, 0.29) is 18.1 Å². The van der Waals surface area contributed by atoms with Crippen molar-refractivity contribution in [3.8, 4) is 0 Å². The first-order valence-electron chi connectivity index (χ1n) is 6.53. The molecule has 4 heteroatoms. The van der Waals surface area contributed by atoms with E-state index in [9.17, 15) is 4.79 Å². The minimum atomic E-state index is 0.000650. The Balaban J connectivity index is 2.33. The highest BCUT2D eigenvalue weighted by molar-refractivity contribution is 5.77. The van der Waals surface area contributed by atoms with Crippen LogP contribution in [0.2, 0.25) is 0 Å². The summed E-state index contributed by atoms with van der Waals surface area (Å²) in [5.74, 6) is 0.000650. The molecular formula is C13H26N2O2. The summed E-state index contributed by atoms with van der Waals surface area (Å²) >= 11 is 0. The smallest absolute Gasteiger partial charge is 0.246 e. The van der Waals surface area contributed by atoms with Crippen molar-refractivity contribution in [1.29, 1.82) is 0 Å². The highest BCUT2D eigenvalue weighted by Gasteiger charge is 2.29. The number of methoxy groups -OCH3 is 1. The molecule has 0 bridgehead atoms. The van der Waals surface area contributed by atoms with E-state index >= 15 is 0 Å². The Morgan fingerprint density at radius 3 is 2.47 bits per heavy atom. The molecule has 0 aromatic heterocycles. The van der Waals surface area contributed by atoms with Gasteiger partial charge in [0.15, 0.2) is 0 Å². The predicted octanol–water partition coefficient (Wildman–Crippen LogP) is 1.40. The number of likely N-dealkylation sites (tertiary alicyclic amines) is 1. The first-order chi connectivity index (χ1) is 7.99. The maximum atomic E-state index is 11.4. The lowest BCUT2D eigenvalue weighted by Crippen LogP contribution is -2.52. The first kappa shape index (κ1) is 14.5. The highest BCUT2D eigenvalue weighted by Crippen LogP contribution is 2.23. The van der Waals surface area contributed by atoms with Gasteiger partial charge in [0.05, 0.1) is 0 Å². The van der Waals surface area contributed by atoms with E-state index < -0.39 is 0 Å². The number of nitrogens with one attached hydrogen (secondary N) is 1. The van der Waals surface area contributed by atoms with Gasteiger partial charge in [-0.3, -0.25) is 9.69 Å². The monoisotopic (exact) mass is 242 g/mol. The van der Waals surface area contributed by atoms with E-state index in [4.69, 9.17) is 4.74 Å². The van der Waals surface area contributed by atoms with E-state index in [1.54, 1.807) is 7.11 Å². The molecule has 17 heavy (non-hydrogen) atoms. The molecule has 0 atom stereocenters. The topological polar surface area (TPSA) is 41.6 Å². The molecule has 0 aromatic carbocycles. The maximum absolute atomic E-state index is 11.4. The minimum Gasteiger partial charge on any atom is -0.375 e. The van der Waals surface area contributed by atoms with Gasteiger partial charge in [0, 0.05) is 31.8 Å². The fourth-order valence-electron chi connectivity index (χ4n) is 2.25. The Hall–Kier alpha value is -0.610. The fraction of sp³-hybridized carbons (Fsp3) is 0.923. The summed E-state index contributed by atoms with van der Waals surface area (Å²) in [6.45, 7) is 9.11. The van der Waals surface area contributed by atoms with Crippen molar-refractivity contribution in [1.82, 2.24) is 10.2 Å². The molecule has 4 nitrogen and oxygen atoms in total. The standard InChI is InChI=1S/C13H26N2O2/c1-5-13(2,3)15-8-6-11(7-9-15)14-12(16)10-17-4/h11H,5-10H2,1-4H3,(H,14,16). The van der Waals surface area contributed by atoms with E-state index in [1.165, 1.54) is 0 Å². The Morgan fingerprint density at radius 1 is 1.41 bits per heavy atom. The number of hydrogen-bond acceptors (Lipinski definition) is 3. The zero-order valence-electron chi connectivity index (χ0n) is 11.6. The SMILES string of the molecule is CCC(C)(C)N1CCC(NC(=O)COC)CC1. The molecule has 1 fully saturated rings. The number of ether oxygens (including phenoxy) is 1. The van der Waals surface area contributed by atoms with Gasteiger partial charge in [-0.15, -0.1) is 0 Å². The van der Waals surface area contributed by atoms with Gasteiger partial charge in [0.25, 0.3) is 0 Å². The largest absolute Gasteiger partial charge is 0.375 e. The summed E-state index contributed by atoms with van der Waals surface area (Å²) in [5, 5.41) is 3.02. The molecule has 1 rings (SSSR count). The van der Waals surface area contributed by atoms with Crippen molar-refractivity contribution in [3.63, 3.8) is 0 Å². The molecule has 0 radical (unpaired) electrons. The van der Waals surface area contributed by atoms with Crippen molar-refractivity contribution in [2.24, 2.45) is 0 Å². The van der Waals surface area contributed by atoms with Gasteiger partial charge in [0.1, 0.15) is 6.61 Å². The Kier molecular flexibility index (Phi) is 5.40. The molecule has 1 aliphatic rings. The quantitative estimate of drug-likeness (QED) is 0.792. The number of rotatable bonds is 5. The van der Waals surface area contributed by atoms with Gasteiger partial charge < -0.3 is 10.1 Å². The van der Waals surface area contributed by atoms with Gasteiger partial charge in [-0.1, -0.05) is 6.92 Å². The summed E-state index contributed by atoms with van der Waals surface area (Å²) in [5.41, 5.74) is 0.279. The molecule has 0 saturated carbocycles. The summed E-state index contributed by atoms with van der Waals surface area (Å²) in [7, 11) is 1.55. The second-order valence-corrected chi connectivity index (χ2v) is 5.43. The highest BCUT2D eigenvalue weighted by atomic mass is 16.5. The number of piperidine rings is 1. The number of carbonyl (C=O) groups excluding carboxylic acids is 1. The van der Waals surface area contributed by atoms with Gasteiger partial charge in [-0.2, -0.15) is 0 Å². The van der Waals surface area contributed by atoms with Crippen molar-refractivity contribution >= 4 is 5.91 Å². The van der Waals surface area contributed by atoms with Crippen LogP contribution in [-0.2, 0) is 9.53 Å². The molecule has 1 saturated heterocycles. The van der Waals surface area contributed by atoms with Crippen LogP contribution in [0.4, 0.5) is 0 Å². The van der Waals surface area contributed by atoms with Crippen molar-refractivity contribution in [2.75, 3.05) is 26.8 Å². The molecule has 0 spiro atoms. The van der Waals surface area contributed by atoms with Crippen LogP contribution in [0.5, 0.6) is 0 Å². The van der Waals surface area contributed by atoms with Crippen LogP contribution < -0.4 is 5.32 Å². The minimum absolute atomic E-state index is 0.000650. The third-order valence-electron chi connectivity index (χ3n) is 3.86. The molecule has 0 unspecified atom stereocenters. The summed E-state index contributed by atoms with van der Waals surface area (Å²) in [4.78, 5) is 13.9. The molecular weight excluding hydrogens is 216 g/mol. The Labute approximate surface area is 105 Å². The normalized spacial score (nSPS) is 19.3. The molecule has 0 aromatic rings. The first-order valence-corrected chi connectivity index (χ1v) is 6.53. The molecule has 1 amide bonds. The van der Waals surface area contributed by atoms with E-state index in [1.807, 2.05) is 0 Å². The van der Waals surface area contributed by atoms with Gasteiger partial charge in [0.2, 0.25) is 5.91 Å². The molecule has 1 aliphatic heterocycles. The van der Waals surface area contributed by atoms with Crippen molar-refractivity contribution in [3.05, 3.63) is 0 Å². The lowest BCUT2D eigenvalue weighted by molar-refractivity contribution is -0.125. The molecule has 100 valence electrons. The van der Waals surface area contributed by atoms with Gasteiger partial charge >= 0.3 is 0 Å². The molecule has 0 aliphatic carbocycles. The second-order valence-electron chi connectivity index (χ2n) is 5.43. The number of hydrogen-bond donors (Lipinski definition) is 1. The zero-order chi connectivity index (χ0) is 12.9. The lowest BCUT2D eigenvalue weighted by atomic mass is 9.94. The maximum Gasteiger partial charge on any atom is 0.246 e. The lowest BCUT2D eigenvalue weighted by Gasteiger charge is -2.42. The summed E-state index contributed by atoms with van der Waals surface area (Å²) < 4.78 is 4.82. The second kappa shape index (κ2) is 6.36. The summed E-state index contributed by atoms with van der Waals surface area (Å²) in [6.07, 6.45) is 3.24. The molecule has 1 N–H and O–H groups in total. The van der Waals surface area contributed by atoms with Crippen LogP contribution in [-0.4, -0.2) is 49.2 Å². The summed E-state index contributed by atoms with van der Waals surface area (Å²) in [6, 6.07) is 0.321. The van der Waals surface area contributed by atoms with Crippen molar-refractivity contribution < 1.29 is 9.53 Å². The van der Waals surface area contributed by atoms with Crippen LogP contribution >= 0.6 is 0 Å². The average molecular weight is 242 g/mol. The van der Waals surface area contributed by atoms with E-state index in [2.05, 4.69) is 31.0 Å². The predicted molar refractivity (Wildman–Crippen MR) is 69.0 cm³/mol. The molecule has 1 heterocycles. The van der Waals surface area contributed by atoms with Gasteiger partial charge in [-0.25, -0.2) is 0 Å². The van der Waals surface area contributed by atoms with Crippen LogP contribution in [0.1, 0.15) is 40.0 Å². The van der Waals surface area contributed by atoms with Crippen LogP contribution in [0.3, 0.4) is 0 Å². The van der Waals surface area contributed by atoms with Crippen molar-refractivity contribution in [2.45, 2.75) is 51.6 Å². The van der Waals surface area contributed by atoms with Crippen LogP contribution in [0, 0.1) is 0 Å². The van der Waals surface area contributed by atoms with E-state index in [0.29, 0.717) is 6.04 Å². The Bertz CT molecular complexity index is 246. The van der Waals surface area contributed by atoms with Crippen LogP contribution in [0.25, 0.3) is 0 Å². The Morgan fingerprint density at radius 2 is 2.00 bits per heavy atom. The third-order valence-corrected chi connectivity index (χ3v) is 3.86. The number of amides is 1. The van der Waals surface area contributed by atoms with Crippen LogP contribution in [0.15, 0.2) is 0 Å². The number of carbonyl (C=O) groups is 1. The van der Waals surface area contributed by atoms with E-state index in [0.717, 1.165) is 32.4 Å². The fourth-order valence-corrected chi connectivity index (χ4v) is 2.25. The average Bonchev–Trinajstić information content (AvgIpc) is 2.30. The number of nitrogens with zero attached hydrogens (tertiary/aromatic N) is 1.